The van der Waals surface area contributed by atoms with E-state index in [4.69, 9.17) is 9.66 Å². The molecule has 0 amide bonds. The molecule has 0 spiro atoms. The van der Waals surface area contributed by atoms with E-state index in [1.165, 1.54) is 6.42 Å². The Kier molecular flexibility index (Phi) is 8.11. The van der Waals surface area contributed by atoms with Gasteiger partial charge in [0.25, 0.3) is 5.44 Å². The standard InChI is InChI=1S/C10H20O6S/c1-2-3-4-5-6-7-8-16-9(11)10(12)17(13,14)15/h10,12H,2-8H2,1H3,(H,13,14,15). The lowest BCUT2D eigenvalue weighted by Gasteiger charge is -2.07. The third-order valence-corrected chi connectivity index (χ3v) is 2.98. The fourth-order valence-electron chi connectivity index (χ4n) is 1.25. The van der Waals surface area contributed by atoms with Gasteiger partial charge in [-0.25, -0.2) is 4.79 Å². The fourth-order valence-corrected chi connectivity index (χ4v) is 1.56. The molecular weight excluding hydrogens is 248 g/mol. The van der Waals surface area contributed by atoms with Gasteiger partial charge in [0.1, 0.15) is 0 Å². The van der Waals surface area contributed by atoms with Crippen LogP contribution in [0.5, 0.6) is 0 Å². The van der Waals surface area contributed by atoms with Crippen LogP contribution in [0.2, 0.25) is 0 Å². The Hall–Kier alpha value is -0.660. The highest BCUT2D eigenvalue weighted by Gasteiger charge is 2.29. The third kappa shape index (κ3) is 8.12. The average molecular weight is 268 g/mol. The van der Waals surface area contributed by atoms with Gasteiger partial charge in [-0.3, -0.25) is 4.55 Å². The van der Waals surface area contributed by atoms with Crippen LogP contribution in [-0.4, -0.2) is 36.1 Å². The summed E-state index contributed by atoms with van der Waals surface area (Å²) < 4.78 is 33.7. The van der Waals surface area contributed by atoms with Gasteiger partial charge in [0, 0.05) is 0 Å². The molecule has 102 valence electrons. The Labute approximate surface area is 102 Å². The molecule has 0 aliphatic carbocycles. The van der Waals surface area contributed by atoms with E-state index >= 15 is 0 Å². The number of hydrogen-bond donors (Lipinski definition) is 2. The smallest absolute Gasteiger partial charge is 0.353 e. The van der Waals surface area contributed by atoms with E-state index in [2.05, 4.69) is 11.7 Å². The van der Waals surface area contributed by atoms with Crippen LogP contribution in [-0.2, 0) is 19.6 Å². The molecule has 0 heterocycles. The highest BCUT2D eigenvalue weighted by atomic mass is 32.2. The number of unbranched alkanes of at least 4 members (excludes halogenated alkanes) is 5. The van der Waals surface area contributed by atoms with Crippen molar-refractivity contribution in [2.45, 2.75) is 50.9 Å². The largest absolute Gasteiger partial charge is 0.463 e. The molecule has 6 nitrogen and oxygen atoms in total. The van der Waals surface area contributed by atoms with Gasteiger partial charge in [0.2, 0.25) is 0 Å². The highest BCUT2D eigenvalue weighted by molar-refractivity contribution is 7.87. The van der Waals surface area contributed by atoms with Crippen LogP contribution in [0.3, 0.4) is 0 Å². The molecule has 0 radical (unpaired) electrons. The van der Waals surface area contributed by atoms with E-state index in [1.54, 1.807) is 0 Å². The first-order valence-corrected chi connectivity index (χ1v) is 7.21. The van der Waals surface area contributed by atoms with Gasteiger partial charge in [-0.1, -0.05) is 39.0 Å². The molecular formula is C10H20O6S. The number of carbonyl (C=O) groups is 1. The number of hydrogen-bond acceptors (Lipinski definition) is 5. The van der Waals surface area contributed by atoms with Gasteiger partial charge in [-0.2, -0.15) is 8.42 Å². The summed E-state index contributed by atoms with van der Waals surface area (Å²) >= 11 is 0. The second-order valence-electron chi connectivity index (χ2n) is 3.80. The molecule has 0 rings (SSSR count). The number of carbonyl (C=O) groups excluding carboxylic acids is 1. The van der Waals surface area contributed by atoms with E-state index in [0.717, 1.165) is 25.7 Å². The van der Waals surface area contributed by atoms with Crippen molar-refractivity contribution in [3.05, 3.63) is 0 Å². The SMILES string of the molecule is CCCCCCCCOC(=O)C(O)S(=O)(=O)O. The highest BCUT2D eigenvalue weighted by Crippen LogP contribution is 2.05. The number of esters is 1. The van der Waals surface area contributed by atoms with Crippen molar-refractivity contribution in [2.24, 2.45) is 0 Å². The van der Waals surface area contributed by atoms with Crippen molar-refractivity contribution in [1.82, 2.24) is 0 Å². The summed E-state index contributed by atoms with van der Waals surface area (Å²) in [5, 5.41) is 8.81. The first-order valence-electron chi connectivity index (χ1n) is 5.70. The molecule has 0 saturated carbocycles. The quantitative estimate of drug-likeness (QED) is 0.369. The Morgan fingerprint density at radius 1 is 1.18 bits per heavy atom. The monoisotopic (exact) mass is 268 g/mol. The van der Waals surface area contributed by atoms with Gasteiger partial charge in [-0.05, 0) is 6.42 Å². The van der Waals surface area contributed by atoms with Crippen molar-refractivity contribution >= 4 is 16.1 Å². The Morgan fingerprint density at radius 2 is 1.71 bits per heavy atom. The van der Waals surface area contributed by atoms with Crippen molar-refractivity contribution < 1.29 is 27.6 Å². The second kappa shape index (κ2) is 8.43. The number of rotatable bonds is 9. The summed E-state index contributed by atoms with van der Waals surface area (Å²) in [5.74, 6) is -1.33. The maximum atomic E-state index is 10.9. The van der Waals surface area contributed by atoms with Crippen LogP contribution >= 0.6 is 0 Å². The normalized spacial score (nSPS) is 13.4. The molecule has 0 aromatic heterocycles. The Bertz CT molecular complexity index is 311. The molecule has 17 heavy (non-hydrogen) atoms. The van der Waals surface area contributed by atoms with E-state index < -0.39 is 21.5 Å². The number of ether oxygens (including phenoxy) is 1. The summed E-state index contributed by atoms with van der Waals surface area (Å²) in [6.07, 6.45) is 5.98. The van der Waals surface area contributed by atoms with E-state index in [0.29, 0.717) is 6.42 Å². The van der Waals surface area contributed by atoms with Gasteiger partial charge in [0.15, 0.2) is 0 Å². The summed E-state index contributed by atoms with van der Waals surface area (Å²) in [6, 6.07) is 0. The minimum atomic E-state index is -4.78. The van der Waals surface area contributed by atoms with Crippen LogP contribution < -0.4 is 0 Å². The summed E-state index contributed by atoms with van der Waals surface area (Å²) in [6.45, 7) is 2.16. The molecule has 0 aromatic carbocycles. The molecule has 0 aliphatic rings. The van der Waals surface area contributed by atoms with Gasteiger partial charge < -0.3 is 9.84 Å². The lowest BCUT2D eigenvalue weighted by atomic mass is 10.1. The zero-order chi connectivity index (χ0) is 13.3. The molecule has 0 aliphatic heterocycles. The zero-order valence-corrected chi connectivity index (χ0v) is 10.8. The Balaban J connectivity index is 3.59. The molecule has 1 unspecified atom stereocenters. The van der Waals surface area contributed by atoms with Crippen LogP contribution in [0, 0.1) is 0 Å². The minimum Gasteiger partial charge on any atom is -0.463 e. The predicted octanol–water partition coefficient (Wildman–Crippen LogP) is 1.10. The van der Waals surface area contributed by atoms with E-state index in [9.17, 15) is 13.2 Å². The Morgan fingerprint density at radius 3 is 2.24 bits per heavy atom. The van der Waals surface area contributed by atoms with Crippen LogP contribution in [0.4, 0.5) is 0 Å². The first kappa shape index (κ1) is 16.3. The first-order chi connectivity index (χ1) is 7.89. The lowest BCUT2D eigenvalue weighted by molar-refractivity contribution is -0.149. The summed E-state index contributed by atoms with van der Waals surface area (Å²) in [7, 11) is -4.78. The molecule has 2 N–H and O–H groups in total. The maximum Gasteiger partial charge on any atom is 0.353 e. The van der Waals surface area contributed by atoms with Crippen LogP contribution in [0.15, 0.2) is 0 Å². The zero-order valence-electron chi connectivity index (χ0n) is 9.96. The molecule has 1 atom stereocenters. The third-order valence-electron chi connectivity index (χ3n) is 2.23. The number of aliphatic hydroxyl groups is 1. The average Bonchev–Trinajstić information content (AvgIpc) is 2.25. The van der Waals surface area contributed by atoms with Crippen molar-refractivity contribution in [2.75, 3.05) is 6.61 Å². The van der Waals surface area contributed by atoms with Gasteiger partial charge >= 0.3 is 16.1 Å². The van der Waals surface area contributed by atoms with Crippen LogP contribution in [0.1, 0.15) is 45.4 Å². The predicted molar refractivity (Wildman–Crippen MR) is 61.9 cm³/mol. The molecule has 0 bridgehead atoms. The second-order valence-corrected chi connectivity index (χ2v) is 5.28. The molecule has 0 aromatic rings. The van der Waals surface area contributed by atoms with Gasteiger partial charge in [0.05, 0.1) is 6.61 Å². The van der Waals surface area contributed by atoms with Crippen molar-refractivity contribution in [3.63, 3.8) is 0 Å². The van der Waals surface area contributed by atoms with Crippen LogP contribution in [0.25, 0.3) is 0 Å². The maximum absolute atomic E-state index is 10.9. The molecule has 7 heteroatoms. The summed E-state index contributed by atoms with van der Waals surface area (Å²) in [5.41, 5.74) is -2.50. The van der Waals surface area contributed by atoms with Gasteiger partial charge in [-0.15, -0.1) is 0 Å². The van der Waals surface area contributed by atoms with E-state index in [-0.39, 0.29) is 6.61 Å². The topological polar surface area (TPSA) is 101 Å². The van der Waals surface area contributed by atoms with Crippen molar-refractivity contribution in [1.29, 1.82) is 0 Å². The minimum absolute atomic E-state index is 0.0531. The lowest BCUT2D eigenvalue weighted by Crippen LogP contribution is -2.31. The molecule has 0 fully saturated rings. The fraction of sp³-hybridized carbons (Fsp3) is 0.900. The van der Waals surface area contributed by atoms with E-state index in [1.807, 2.05) is 0 Å². The molecule has 0 saturated heterocycles. The van der Waals surface area contributed by atoms with Crippen molar-refractivity contribution in [3.8, 4) is 0 Å². The number of aliphatic hydroxyl groups excluding tert-OH is 1. The summed E-state index contributed by atoms with van der Waals surface area (Å²) in [4.78, 5) is 10.9.